The number of ether oxygens (including phenoxy) is 1. The van der Waals surface area contributed by atoms with Crippen molar-refractivity contribution in [2.24, 2.45) is 0 Å². The number of benzene rings is 2. The Balaban J connectivity index is 2.31. The highest BCUT2D eigenvalue weighted by molar-refractivity contribution is 6.32. The lowest BCUT2D eigenvalue weighted by molar-refractivity contribution is -0.139. The van der Waals surface area contributed by atoms with Gasteiger partial charge >= 0.3 is 5.97 Å². The summed E-state index contributed by atoms with van der Waals surface area (Å²) in [6, 6.07) is 8.25. The van der Waals surface area contributed by atoms with Gasteiger partial charge in [0.15, 0.2) is 24.0 Å². The number of rotatable bonds is 5. The maximum atomic E-state index is 13.9. The summed E-state index contributed by atoms with van der Waals surface area (Å²) in [6.07, 6.45) is 0. The van der Waals surface area contributed by atoms with Crippen molar-refractivity contribution in [3.63, 3.8) is 0 Å². The van der Waals surface area contributed by atoms with Crippen LogP contribution in [0.3, 0.4) is 0 Å². The molecule has 4 nitrogen and oxygen atoms in total. The van der Waals surface area contributed by atoms with Crippen molar-refractivity contribution in [3.05, 3.63) is 63.4 Å². The monoisotopic (exact) mass is 342 g/mol. The molecule has 0 amide bonds. The Hall–Kier alpha value is -2.11. The number of ketones is 1. The largest absolute Gasteiger partial charge is 0.479 e. The minimum absolute atomic E-state index is 0.0208. The molecule has 0 heterocycles. The van der Waals surface area contributed by atoms with Gasteiger partial charge in [0.05, 0.1) is 5.02 Å². The highest BCUT2D eigenvalue weighted by atomic mass is 35.5. The van der Waals surface area contributed by atoms with Gasteiger partial charge in [-0.1, -0.05) is 23.2 Å². The molecule has 0 saturated heterocycles. The van der Waals surface area contributed by atoms with E-state index in [9.17, 15) is 14.0 Å². The smallest absolute Gasteiger partial charge is 0.341 e. The zero-order valence-corrected chi connectivity index (χ0v) is 12.5. The summed E-state index contributed by atoms with van der Waals surface area (Å²) in [6.45, 7) is -0.735. The van der Waals surface area contributed by atoms with Crippen molar-refractivity contribution in [1.29, 1.82) is 0 Å². The summed E-state index contributed by atoms with van der Waals surface area (Å²) in [5.74, 6) is -3.03. The van der Waals surface area contributed by atoms with Gasteiger partial charge in [-0.05, 0) is 36.4 Å². The molecule has 0 aromatic heterocycles. The lowest BCUT2D eigenvalue weighted by Gasteiger charge is -2.09. The Kier molecular flexibility index (Phi) is 5.00. The zero-order valence-electron chi connectivity index (χ0n) is 11.0. The number of hydrogen-bond donors (Lipinski definition) is 1. The van der Waals surface area contributed by atoms with E-state index in [1.807, 2.05) is 0 Å². The molecule has 2 aromatic carbocycles. The van der Waals surface area contributed by atoms with Crippen LogP contribution in [0.15, 0.2) is 36.4 Å². The quantitative estimate of drug-likeness (QED) is 0.838. The number of carbonyl (C=O) groups excluding carboxylic acids is 1. The van der Waals surface area contributed by atoms with Crippen LogP contribution in [0.4, 0.5) is 4.39 Å². The van der Waals surface area contributed by atoms with E-state index < -0.39 is 29.9 Å². The first-order chi connectivity index (χ1) is 10.4. The third-order valence-electron chi connectivity index (χ3n) is 2.71. The summed E-state index contributed by atoms with van der Waals surface area (Å²) in [5.41, 5.74) is 0.339. The highest BCUT2D eigenvalue weighted by Gasteiger charge is 2.17. The first-order valence-electron chi connectivity index (χ1n) is 6.02. The molecule has 0 fully saturated rings. The molecule has 0 bridgehead atoms. The van der Waals surface area contributed by atoms with Crippen LogP contribution in [0, 0.1) is 5.82 Å². The van der Waals surface area contributed by atoms with E-state index in [-0.39, 0.29) is 10.6 Å². The molecule has 0 atom stereocenters. The number of carboxylic acid groups (broad SMARTS) is 1. The van der Waals surface area contributed by atoms with Gasteiger partial charge in [0.1, 0.15) is 0 Å². The number of halogens is 3. The second-order valence-corrected chi connectivity index (χ2v) is 5.13. The van der Waals surface area contributed by atoms with Crippen LogP contribution < -0.4 is 4.74 Å². The summed E-state index contributed by atoms with van der Waals surface area (Å²) in [5, 5.41) is 8.80. The Morgan fingerprint density at radius 3 is 2.27 bits per heavy atom. The van der Waals surface area contributed by atoms with Gasteiger partial charge in [-0.3, -0.25) is 4.79 Å². The molecule has 0 aliphatic heterocycles. The number of carbonyl (C=O) groups is 2. The van der Waals surface area contributed by atoms with Crippen LogP contribution in [-0.2, 0) is 4.79 Å². The van der Waals surface area contributed by atoms with Crippen molar-refractivity contribution < 1.29 is 23.8 Å². The van der Waals surface area contributed by atoms with E-state index >= 15 is 0 Å². The maximum absolute atomic E-state index is 13.9. The molecule has 0 saturated carbocycles. The molecular formula is C15H9Cl2FO4. The van der Waals surface area contributed by atoms with Gasteiger partial charge in [0.25, 0.3) is 0 Å². The van der Waals surface area contributed by atoms with Crippen molar-refractivity contribution in [2.75, 3.05) is 6.61 Å². The van der Waals surface area contributed by atoms with Crippen LogP contribution >= 0.6 is 23.2 Å². The molecule has 2 aromatic rings. The van der Waals surface area contributed by atoms with E-state index in [0.29, 0.717) is 10.6 Å². The third-order valence-corrected chi connectivity index (χ3v) is 3.24. The fourth-order valence-electron chi connectivity index (χ4n) is 1.73. The Bertz CT molecular complexity index is 706. The number of carboxylic acids is 1. The van der Waals surface area contributed by atoms with Crippen LogP contribution in [0.25, 0.3) is 0 Å². The third kappa shape index (κ3) is 3.75. The average Bonchev–Trinajstić information content (AvgIpc) is 2.46. The number of aliphatic carboxylic acids is 1. The minimum atomic E-state index is -1.27. The van der Waals surface area contributed by atoms with Gasteiger partial charge in [-0.15, -0.1) is 0 Å². The van der Waals surface area contributed by atoms with Crippen LogP contribution in [0.5, 0.6) is 5.75 Å². The lowest BCUT2D eigenvalue weighted by atomic mass is 10.0. The SMILES string of the molecule is O=C(O)COc1c(F)cc(C(=O)c2ccc(Cl)cc2)cc1Cl. The molecule has 0 unspecified atom stereocenters. The normalized spacial score (nSPS) is 10.3. The molecule has 114 valence electrons. The van der Waals surface area contributed by atoms with Crippen LogP contribution in [0.2, 0.25) is 10.0 Å². The number of hydrogen-bond acceptors (Lipinski definition) is 3. The predicted molar refractivity (Wildman–Crippen MR) is 79.4 cm³/mol. The molecule has 0 aliphatic carbocycles. The van der Waals surface area contributed by atoms with Crippen molar-refractivity contribution in [1.82, 2.24) is 0 Å². The fourth-order valence-corrected chi connectivity index (χ4v) is 2.12. The molecule has 0 spiro atoms. The molecule has 1 N–H and O–H groups in total. The van der Waals surface area contributed by atoms with E-state index in [1.165, 1.54) is 30.3 Å². The predicted octanol–water partition coefficient (Wildman–Crippen LogP) is 3.83. The van der Waals surface area contributed by atoms with Crippen molar-refractivity contribution >= 4 is 35.0 Å². The summed E-state index contributed by atoms with van der Waals surface area (Å²) < 4.78 is 18.7. The van der Waals surface area contributed by atoms with Crippen LogP contribution in [-0.4, -0.2) is 23.5 Å². The maximum Gasteiger partial charge on any atom is 0.341 e. The molecule has 0 aliphatic rings. The molecule has 7 heteroatoms. The molecule has 22 heavy (non-hydrogen) atoms. The lowest BCUT2D eigenvalue weighted by Crippen LogP contribution is -2.11. The van der Waals surface area contributed by atoms with Gasteiger partial charge in [0.2, 0.25) is 0 Å². The van der Waals surface area contributed by atoms with Gasteiger partial charge in [0, 0.05) is 16.1 Å². The van der Waals surface area contributed by atoms with Gasteiger partial charge in [-0.2, -0.15) is 0 Å². The first-order valence-corrected chi connectivity index (χ1v) is 6.78. The van der Waals surface area contributed by atoms with Gasteiger partial charge < -0.3 is 9.84 Å². The zero-order chi connectivity index (χ0) is 16.3. The van der Waals surface area contributed by atoms with E-state index in [0.717, 1.165) is 6.07 Å². The second-order valence-electron chi connectivity index (χ2n) is 4.29. The van der Waals surface area contributed by atoms with Crippen molar-refractivity contribution in [2.45, 2.75) is 0 Å². The molecular weight excluding hydrogens is 334 g/mol. The molecule has 2 rings (SSSR count). The first kappa shape index (κ1) is 16.3. The fraction of sp³-hybridized carbons (Fsp3) is 0.0667. The topological polar surface area (TPSA) is 63.6 Å². The van der Waals surface area contributed by atoms with E-state index in [4.69, 9.17) is 33.0 Å². The van der Waals surface area contributed by atoms with E-state index in [2.05, 4.69) is 0 Å². The second kappa shape index (κ2) is 6.77. The molecule has 0 radical (unpaired) electrons. The average molecular weight is 343 g/mol. The standard InChI is InChI=1S/C15H9Cl2FO4/c16-10-3-1-8(2-4-10)14(21)9-5-11(17)15(12(18)6-9)22-7-13(19)20/h1-6H,7H2,(H,19,20). The summed E-state index contributed by atoms with van der Waals surface area (Å²) in [4.78, 5) is 22.7. The summed E-state index contributed by atoms with van der Waals surface area (Å²) in [7, 11) is 0. The van der Waals surface area contributed by atoms with Crippen molar-refractivity contribution in [3.8, 4) is 5.75 Å². The Morgan fingerprint density at radius 1 is 1.09 bits per heavy atom. The van der Waals surface area contributed by atoms with Crippen LogP contribution in [0.1, 0.15) is 15.9 Å². The highest BCUT2D eigenvalue weighted by Crippen LogP contribution is 2.30. The Labute approximate surface area is 135 Å². The van der Waals surface area contributed by atoms with Gasteiger partial charge in [-0.25, -0.2) is 9.18 Å². The Morgan fingerprint density at radius 2 is 1.73 bits per heavy atom. The minimum Gasteiger partial charge on any atom is -0.479 e. The van der Waals surface area contributed by atoms with E-state index in [1.54, 1.807) is 0 Å². The summed E-state index contributed by atoms with van der Waals surface area (Å²) >= 11 is 11.6.